The summed E-state index contributed by atoms with van der Waals surface area (Å²) in [6.07, 6.45) is 1.67. The number of aryl methyl sites for hydroxylation is 1. The molecule has 1 amide bonds. The molecule has 1 unspecified atom stereocenters. The lowest BCUT2D eigenvalue weighted by atomic mass is 10.1. The standard InChI is InChI=1S/C18H24FN3O2/c1-5-9-22-17(18(23)20-12(3)6-2)11-16(21-22)14-8-7-13(24-4)10-15(14)19/h7-8,10-12H,5-6,9H2,1-4H3,(H,20,23). The summed E-state index contributed by atoms with van der Waals surface area (Å²) in [7, 11) is 1.49. The number of amides is 1. The highest BCUT2D eigenvalue weighted by Gasteiger charge is 2.19. The number of carbonyl (C=O) groups excluding carboxylic acids is 1. The molecule has 1 aromatic carbocycles. The number of carbonyl (C=O) groups is 1. The molecule has 0 aliphatic rings. The molecular weight excluding hydrogens is 309 g/mol. The fourth-order valence-electron chi connectivity index (χ4n) is 2.34. The molecule has 0 saturated heterocycles. The highest BCUT2D eigenvalue weighted by Crippen LogP contribution is 2.26. The molecule has 6 heteroatoms. The van der Waals surface area contributed by atoms with Crippen molar-refractivity contribution in [1.29, 1.82) is 0 Å². The maximum atomic E-state index is 14.3. The van der Waals surface area contributed by atoms with E-state index < -0.39 is 5.82 Å². The van der Waals surface area contributed by atoms with Crippen molar-refractivity contribution < 1.29 is 13.9 Å². The van der Waals surface area contributed by atoms with Gasteiger partial charge in [-0.1, -0.05) is 13.8 Å². The second-order valence-electron chi connectivity index (χ2n) is 5.77. The molecule has 1 heterocycles. The summed E-state index contributed by atoms with van der Waals surface area (Å²) in [5.41, 5.74) is 1.24. The smallest absolute Gasteiger partial charge is 0.269 e. The van der Waals surface area contributed by atoms with E-state index in [0.29, 0.717) is 29.2 Å². The number of halogens is 1. The molecule has 2 aromatic rings. The van der Waals surface area contributed by atoms with Crippen LogP contribution in [0.15, 0.2) is 24.3 Å². The number of nitrogens with one attached hydrogen (secondary N) is 1. The first-order chi connectivity index (χ1) is 11.5. The van der Waals surface area contributed by atoms with Crippen LogP contribution in [-0.4, -0.2) is 28.8 Å². The quantitative estimate of drug-likeness (QED) is 0.842. The Labute approximate surface area is 141 Å². The van der Waals surface area contributed by atoms with E-state index >= 15 is 0 Å². The number of hydrogen-bond acceptors (Lipinski definition) is 3. The molecule has 0 saturated carbocycles. The van der Waals surface area contributed by atoms with Crippen molar-refractivity contribution in [3.05, 3.63) is 35.8 Å². The molecule has 1 aromatic heterocycles. The zero-order valence-corrected chi connectivity index (χ0v) is 14.6. The lowest BCUT2D eigenvalue weighted by Crippen LogP contribution is -2.33. The average Bonchev–Trinajstić information content (AvgIpc) is 2.98. The van der Waals surface area contributed by atoms with Gasteiger partial charge in [0.1, 0.15) is 17.3 Å². The molecule has 0 fully saturated rings. The Hall–Kier alpha value is -2.37. The van der Waals surface area contributed by atoms with E-state index in [9.17, 15) is 9.18 Å². The molecule has 5 nitrogen and oxygen atoms in total. The molecule has 24 heavy (non-hydrogen) atoms. The molecule has 0 bridgehead atoms. The fourth-order valence-corrected chi connectivity index (χ4v) is 2.34. The van der Waals surface area contributed by atoms with Crippen LogP contribution in [-0.2, 0) is 6.54 Å². The van der Waals surface area contributed by atoms with Crippen molar-refractivity contribution in [2.45, 2.75) is 46.2 Å². The van der Waals surface area contributed by atoms with E-state index in [-0.39, 0.29) is 11.9 Å². The number of methoxy groups -OCH3 is 1. The first-order valence-corrected chi connectivity index (χ1v) is 8.22. The van der Waals surface area contributed by atoms with Crippen LogP contribution in [0, 0.1) is 5.82 Å². The van der Waals surface area contributed by atoms with Crippen molar-refractivity contribution >= 4 is 5.91 Å². The van der Waals surface area contributed by atoms with Crippen LogP contribution in [0.5, 0.6) is 5.75 Å². The summed E-state index contributed by atoms with van der Waals surface area (Å²) < 4.78 is 20.9. The number of nitrogens with zero attached hydrogens (tertiary/aromatic N) is 2. The molecular formula is C18H24FN3O2. The lowest BCUT2D eigenvalue weighted by Gasteiger charge is -2.12. The normalized spacial score (nSPS) is 12.0. The minimum Gasteiger partial charge on any atom is -0.497 e. The van der Waals surface area contributed by atoms with E-state index in [2.05, 4.69) is 10.4 Å². The van der Waals surface area contributed by atoms with Crippen LogP contribution in [0.2, 0.25) is 0 Å². The number of benzene rings is 1. The summed E-state index contributed by atoms with van der Waals surface area (Å²) in [5, 5.41) is 7.34. The van der Waals surface area contributed by atoms with E-state index in [0.717, 1.165) is 12.8 Å². The maximum absolute atomic E-state index is 14.3. The number of rotatable bonds is 7. The van der Waals surface area contributed by atoms with Crippen LogP contribution in [0.4, 0.5) is 4.39 Å². The summed E-state index contributed by atoms with van der Waals surface area (Å²) in [6, 6.07) is 6.31. The molecule has 0 aliphatic carbocycles. The van der Waals surface area contributed by atoms with Crippen LogP contribution < -0.4 is 10.1 Å². The predicted octanol–water partition coefficient (Wildman–Crippen LogP) is 3.64. The Balaban J connectivity index is 2.39. The Morgan fingerprint density at radius 2 is 2.12 bits per heavy atom. The van der Waals surface area contributed by atoms with Gasteiger partial charge in [0.15, 0.2) is 0 Å². The number of ether oxygens (including phenoxy) is 1. The van der Waals surface area contributed by atoms with Crippen molar-refractivity contribution in [2.75, 3.05) is 7.11 Å². The van der Waals surface area contributed by atoms with Crippen molar-refractivity contribution in [3.8, 4) is 17.0 Å². The third-order valence-electron chi connectivity index (χ3n) is 3.89. The Morgan fingerprint density at radius 3 is 2.71 bits per heavy atom. The molecule has 0 aliphatic heterocycles. The van der Waals surface area contributed by atoms with Gasteiger partial charge in [0.2, 0.25) is 0 Å². The van der Waals surface area contributed by atoms with Crippen molar-refractivity contribution in [3.63, 3.8) is 0 Å². The Morgan fingerprint density at radius 1 is 1.38 bits per heavy atom. The first-order valence-electron chi connectivity index (χ1n) is 8.22. The van der Waals surface area contributed by atoms with Gasteiger partial charge in [-0.25, -0.2) is 4.39 Å². The Kier molecular flexibility index (Phi) is 5.95. The number of aromatic nitrogens is 2. The minimum absolute atomic E-state index is 0.0728. The van der Waals surface area contributed by atoms with Crippen molar-refractivity contribution in [2.24, 2.45) is 0 Å². The van der Waals surface area contributed by atoms with Crippen molar-refractivity contribution in [1.82, 2.24) is 15.1 Å². The summed E-state index contributed by atoms with van der Waals surface area (Å²) >= 11 is 0. The highest BCUT2D eigenvalue weighted by molar-refractivity contribution is 5.94. The van der Waals surface area contributed by atoms with Gasteiger partial charge in [-0.2, -0.15) is 5.10 Å². The molecule has 130 valence electrons. The molecule has 0 spiro atoms. The zero-order valence-electron chi connectivity index (χ0n) is 14.6. The minimum atomic E-state index is -0.426. The van der Waals surface area contributed by atoms with Gasteiger partial charge in [0.25, 0.3) is 5.91 Å². The van der Waals surface area contributed by atoms with Crippen LogP contribution in [0.25, 0.3) is 11.3 Å². The zero-order chi connectivity index (χ0) is 17.7. The van der Waals surface area contributed by atoms with E-state index in [1.54, 1.807) is 22.9 Å². The van der Waals surface area contributed by atoms with Gasteiger partial charge < -0.3 is 10.1 Å². The maximum Gasteiger partial charge on any atom is 0.269 e. The molecule has 2 rings (SSSR count). The first kappa shape index (κ1) is 18.0. The van der Waals surface area contributed by atoms with Gasteiger partial charge in [0.05, 0.1) is 12.8 Å². The third-order valence-corrected chi connectivity index (χ3v) is 3.89. The van der Waals surface area contributed by atoms with E-state index in [1.165, 1.54) is 13.2 Å². The van der Waals surface area contributed by atoms with E-state index in [4.69, 9.17) is 4.74 Å². The van der Waals surface area contributed by atoms with Gasteiger partial charge in [-0.3, -0.25) is 9.48 Å². The van der Waals surface area contributed by atoms with Crippen LogP contribution >= 0.6 is 0 Å². The van der Waals surface area contributed by atoms with Gasteiger partial charge >= 0.3 is 0 Å². The SMILES string of the molecule is CCCn1nc(-c2ccc(OC)cc2F)cc1C(=O)NC(C)CC. The average molecular weight is 333 g/mol. The largest absolute Gasteiger partial charge is 0.497 e. The highest BCUT2D eigenvalue weighted by atomic mass is 19.1. The summed E-state index contributed by atoms with van der Waals surface area (Å²) in [5.74, 6) is -0.172. The summed E-state index contributed by atoms with van der Waals surface area (Å²) in [4.78, 5) is 12.5. The second kappa shape index (κ2) is 7.95. The van der Waals surface area contributed by atoms with Gasteiger partial charge in [0, 0.05) is 24.2 Å². The Bertz CT molecular complexity index is 712. The lowest BCUT2D eigenvalue weighted by molar-refractivity contribution is 0.0928. The third kappa shape index (κ3) is 3.93. The fraction of sp³-hybridized carbons (Fsp3) is 0.444. The molecule has 1 N–H and O–H groups in total. The van der Waals surface area contributed by atoms with Crippen LogP contribution in [0.1, 0.15) is 44.1 Å². The molecule has 0 radical (unpaired) electrons. The monoisotopic (exact) mass is 333 g/mol. The van der Waals surface area contributed by atoms with Crippen LogP contribution in [0.3, 0.4) is 0 Å². The molecule has 1 atom stereocenters. The number of hydrogen-bond donors (Lipinski definition) is 1. The summed E-state index contributed by atoms with van der Waals surface area (Å²) in [6.45, 7) is 6.56. The topological polar surface area (TPSA) is 56.2 Å². The van der Waals surface area contributed by atoms with Gasteiger partial charge in [-0.05, 0) is 38.0 Å². The second-order valence-corrected chi connectivity index (χ2v) is 5.77. The van der Waals surface area contributed by atoms with E-state index in [1.807, 2.05) is 20.8 Å². The predicted molar refractivity (Wildman–Crippen MR) is 91.7 cm³/mol. The van der Waals surface area contributed by atoms with Gasteiger partial charge in [-0.15, -0.1) is 0 Å².